The minimum Gasteiger partial charge on any atom is -0.466 e. The van der Waals surface area contributed by atoms with Gasteiger partial charge in [-0.05, 0) is 25.7 Å². The number of rotatable bonds is 71. The molecule has 0 radical (unpaired) electrons. The molecule has 0 fully saturated rings. The highest BCUT2D eigenvalue weighted by atomic mass is 16.5. The van der Waals surface area contributed by atoms with Crippen LogP contribution in [0.4, 0.5) is 0 Å². The fourth-order valence-corrected chi connectivity index (χ4v) is 12.2. The van der Waals surface area contributed by atoms with Crippen molar-refractivity contribution in [3.63, 3.8) is 0 Å². The third kappa shape index (κ3) is 66.0. The predicted octanol–water partition coefficient (Wildman–Crippen LogP) is 24.2. The van der Waals surface area contributed by atoms with Crippen LogP contribution in [0.1, 0.15) is 438 Å². The number of amides is 1. The molecule has 0 aromatic rings. The van der Waals surface area contributed by atoms with Crippen molar-refractivity contribution >= 4 is 11.9 Å². The zero-order valence-corrected chi connectivity index (χ0v) is 54.9. The van der Waals surface area contributed by atoms with Crippen LogP contribution in [0, 0.1) is 0 Å². The summed E-state index contributed by atoms with van der Waals surface area (Å²) in [7, 11) is 0. The number of aliphatic hydroxyl groups is 2. The van der Waals surface area contributed by atoms with E-state index in [1.807, 2.05) is 0 Å². The van der Waals surface area contributed by atoms with Gasteiger partial charge in [-0.2, -0.15) is 0 Å². The van der Waals surface area contributed by atoms with Crippen LogP contribution in [0.25, 0.3) is 0 Å². The minimum atomic E-state index is -0.664. The van der Waals surface area contributed by atoms with Crippen LogP contribution in [0.3, 0.4) is 0 Å². The van der Waals surface area contributed by atoms with Crippen molar-refractivity contribution in [2.24, 2.45) is 0 Å². The first-order valence-corrected chi connectivity index (χ1v) is 37.3. The van der Waals surface area contributed by atoms with Gasteiger partial charge in [-0.25, -0.2) is 0 Å². The molecule has 0 aromatic heterocycles. The van der Waals surface area contributed by atoms with Crippen LogP contribution in [-0.4, -0.2) is 47.4 Å². The molecule has 2 atom stereocenters. The van der Waals surface area contributed by atoms with Gasteiger partial charge in [-0.1, -0.05) is 399 Å². The van der Waals surface area contributed by atoms with Gasteiger partial charge in [0.2, 0.25) is 5.91 Å². The summed E-state index contributed by atoms with van der Waals surface area (Å²) in [6, 6.07) is -0.541. The van der Waals surface area contributed by atoms with Crippen LogP contribution >= 0.6 is 0 Å². The van der Waals surface area contributed by atoms with Crippen LogP contribution in [0.2, 0.25) is 0 Å². The van der Waals surface area contributed by atoms with Crippen LogP contribution in [0.5, 0.6) is 0 Å². The molecule has 0 bridgehead atoms. The molecule has 0 aliphatic carbocycles. The third-order valence-electron chi connectivity index (χ3n) is 17.9. The first kappa shape index (κ1) is 78.9. The van der Waals surface area contributed by atoms with Crippen LogP contribution in [-0.2, 0) is 14.3 Å². The number of hydrogen-bond donors (Lipinski definition) is 3. The lowest BCUT2D eigenvalue weighted by Crippen LogP contribution is -2.45. The fourth-order valence-electron chi connectivity index (χ4n) is 12.2. The first-order chi connectivity index (χ1) is 39.5. The molecule has 1 amide bonds. The third-order valence-corrected chi connectivity index (χ3v) is 17.9. The molecule has 80 heavy (non-hydrogen) atoms. The maximum absolute atomic E-state index is 12.6. The lowest BCUT2D eigenvalue weighted by molar-refractivity contribution is -0.143. The van der Waals surface area contributed by atoms with Gasteiger partial charge in [0.15, 0.2) is 0 Å². The molecule has 0 spiro atoms. The molecular formula is C74H147NO5. The SMILES string of the molecule is CCCCCCCCCCCCCCCCCCCCCCCCCCC(O)C(CO)NC(=O)CCCCCCCCCCCCCCCCCCCCCCCCCCOC(=O)CCCCCCCCCCCCCCCCC. The topological polar surface area (TPSA) is 95.9 Å². The van der Waals surface area contributed by atoms with Gasteiger partial charge in [-0.15, -0.1) is 0 Å². The van der Waals surface area contributed by atoms with Crippen molar-refractivity contribution in [3.05, 3.63) is 0 Å². The number of nitrogens with one attached hydrogen (secondary N) is 1. The Morgan fingerprint density at radius 2 is 0.512 bits per heavy atom. The summed E-state index contributed by atoms with van der Waals surface area (Å²) < 4.78 is 5.50. The van der Waals surface area contributed by atoms with Gasteiger partial charge in [-0.3, -0.25) is 9.59 Å². The van der Waals surface area contributed by atoms with E-state index in [0.29, 0.717) is 25.9 Å². The predicted molar refractivity (Wildman–Crippen MR) is 352 cm³/mol. The van der Waals surface area contributed by atoms with Crippen molar-refractivity contribution in [2.45, 2.75) is 450 Å². The molecule has 0 heterocycles. The number of unbranched alkanes of at least 4 members (excludes halogenated alkanes) is 60. The molecule has 0 saturated carbocycles. The second kappa shape index (κ2) is 70.3. The highest BCUT2D eigenvalue weighted by Gasteiger charge is 2.20. The van der Waals surface area contributed by atoms with E-state index in [2.05, 4.69) is 19.2 Å². The molecule has 478 valence electrons. The smallest absolute Gasteiger partial charge is 0.305 e. The standard InChI is InChI=1S/C74H147NO5/c1-3-5-7-9-11-13-15-17-19-20-21-22-23-26-29-32-35-39-42-46-50-54-58-62-66-72(77)71(70-76)75-73(78)67-63-59-55-51-47-43-40-36-33-30-27-24-25-28-31-34-37-41-45-49-53-57-61-65-69-80-74(79)68-64-60-56-52-48-44-38-18-16-14-12-10-8-6-4-2/h71-72,76-77H,3-70H2,1-2H3,(H,75,78). The summed E-state index contributed by atoms with van der Waals surface area (Å²) >= 11 is 0. The monoisotopic (exact) mass is 1130 g/mol. The van der Waals surface area contributed by atoms with E-state index < -0.39 is 12.1 Å². The number of esters is 1. The molecule has 0 aliphatic rings. The highest BCUT2D eigenvalue weighted by Crippen LogP contribution is 2.20. The number of carbonyl (C=O) groups excluding carboxylic acids is 2. The maximum atomic E-state index is 12.6. The Morgan fingerprint density at radius 3 is 0.762 bits per heavy atom. The average molecular weight is 1130 g/mol. The van der Waals surface area contributed by atoms with E-state index in [1.54, 1.807) is 0 Å². The Balaban J connectivity index is 3.35. The van der Waals surface area contributed by atoms with Crippen LogP contribution in [0.15, 0.2) is 0 Å². The molecule has 0 rings (SSSR count). The minimum absolute atomic E-state index is 0.0201. The van der Waals surface area contributed by atoms with E-state index in [9.17, 15) is 19.8 Å². The van der Waals surface area contributed by atoms with Gasteiger partial charge in [0.1, 0.15) is 0 Å². The maximum Gasteiger partial charge on any atom is 0.305 e. The van der Waals surface area contributed by atoms with Gasteiger partial charge in [0, 0.05) is 12.8 Å². The number of aliphatic hydroxyl groups excluding tert-OH is 2. The van der Waals surface area contributed by atoms with E-state index in [4.69, 9.17) is 4.74 Å². The summed E-state index contributed by atoms with van der Waals surface area (Å²) in [5.41, 5.74) is 0. The molecule has 3 N–H and O–H groups in total. The fraction of sp³-hybridized carbons (Fsp3) is 0.973. The van der Waals surface area contributed by atoms with E-state index in [1.165, 1.54) is 366 Å². The average Bonchev–Trinajstić information content (AvgIpc) is 3.46. The second-order valence-electron chi connectivity index (χ2n) is 26.0. The Kier molecular flexibility index (Phi) is 69.3. The van der Waals surface area contributed by atoms with Gasteiger partial charge in [0.25, 0.3) is 0 Å². The molecule has 6 heteroatoms. The summed E-state index contributed by atoms with van der Waals surface area (Å²) in [5.74, 6) is -0.00745. The molecule has 6 nitrogen and oxygen atoms in total. The Hall–Kier alpha value is -1.14. The van der Waals surface area contributed by atoms with Gasteiger partial charge < -0.3 is 20.3 Å². The number of carbonyl (C=O) groups is 2. The van der Waals surface area contributed by atoms with Crippen molar-refractivity contribution in [1.82, 2.24) is 5.32 Å². The Morgan fingerprint density at radius 1 is 0.300 bits per heavy atom. The zero-order chi connectivity index (χ0) is 57.8. The lowest BCUT2D eigenvalue weighted by atomic mass is 10.0. The first-order valence-electron chi connectivity index (χ1n) is 37.3. The largest absolute Gasteiger partial charge is 0.466 e. The van der Waals surface area contributed by atoms with Crippen molar-refractivity contribution < 1.29 is 24.5 Å². The Labute approximate surface area is 502 Å². The number of hydrogen-bond acceptors (Lipinski definition) is 5. The summed E-state index contributed by atoms with van der Waals surface area (Å²) in [6.07, 6.45) is 85.9. The normalized spacial score (nSPS) is 12.4. The van der Waals surface area contributed by atoms with Crippen LogP contribution < -0.4 is 5.32 Å². The molecule has 2 unspecified atom stereocenters. The number of ether oxygens (including phenoxy) is 1. The van der Waals surface area contributed by atoms with Crippen molar-refractivity contribution in [3.8, 4) is 0 Å². The highest BCUT2D eigenvalue weighted by molar-refractivity contribution is 5.76. The molecular weight excluding hydrogens is 983 g/mol. The summed E-state index contributed by atoms with van der Waals surface area (Å²) in [4.78, 5) is 24.7. The van der Waals surface area contributed by atoms with Crippen molar-refractivity contribution in [2.75, 3.05) is 13.2 Å². The lowest BCUT2D eigenvalue weighted by Gasteiger charge is -2.22. The van der Waals surface area contributed by atoms with Gasteiger partial charge in [0.05, 0.1) is 25.4 Å². The second-order valence-corrected chi connectivity index (χ2v) is 26.0. The summed E-state index contributed by atoms with van der Waals surface area (Å²) in [5, 5.41) is 23.5. The zero-order valence-electron chi connectivity index (χ0n) is 54.9. The van der Waals surface area contributed by atoms with E-state index in [-0.39, 0.29) is 18.5 Å². The van der Waals surface area contributed by atoms with E-state index in [0.717, 1.165) is 38.5 Å². The Bertz CT molecular complexity index is 1160. The quantitative estimate of drug-likeness (QED) is 0.0417. The summed E-state index contributed by atoms with van der Waals surface area (Å²) in [6.45, 7) is 5.01. The molecule has 0 saturated heterocycles. The molecule has 0 aromatic carbocycles. The van der Waals surface area contributed by atoms with E-state index >= 15 is 0 Å². The van der Waals surface area contributed by atoms with Crippen molar-refractivity contribution in [1.29, 1.82) is 0 Å². The molecule has 0 aliphatic heterocycles. The van der Waals surface area contributed by atoms with Gasteiger partial charge >= 0.3 is 5.97 Å².